The van der Waals surface area contributed by atoms with E-state index in [4.69, 9.17) is 5.11 Å². The minimum absolute atomic E-state index is 0.0848. The smallest absolute Gasteiger partial charge is 0.358 e. The van der Waals surface area contributed by atoms with Crippen molar-refractivity contribution in [3.8, 4) is 0 Å². The fourth-order valence-corrected chi connectivity index (χ4v) is 3.27. The molecular weight excluding hydrogens is 272 g/mol. The van der Waals surface area contributed by atoms with Gasteiger partial charge >= 0.3 is 5.97 Å². The zero-order valence-corrected chi connectivity index (χ0v) is 11.2. The lowest BCUT2D eigenvalue weighted by Crippen LogP contribution is -2.30. The van der Waals surface area contributed by atoms with Gasteiger partial charge in [0.05, 0.1) is 24.2 Å². The van der Waals surface area contributed by atoms with Crippen molar-refractivity contribution in [1.29, 1.82) is 0 Å². The van der Waals surface area contributed by atoms with Gasteiger partial charge in [0.1, 0.15) is 0 Å². The van der Waals surface area contributed by atoms with E-state index in [9.17, 15) is 13.2 Å². The molecule has 19 heavy (non-hydrogen) atoms. The van der Waals surface area contributed by atoms with Gasteiger partial charge in [-0.25, -0.2) is 13.2 Å². The molecular formula is C10H16N4O4S. The Morgan fingerprint density at radius 1 is 1.32 bits per heavy atom. The van der Waals surface area contributed by atoms with E-state index in [1.165, 1.54) is 10.9 Å². The summed E-state index contributed by atoms with van der Waals surface area (Å²) in [7, 11) is -2.90. The van der Waals surface area contributed by atoms with Gasteiger partial charge in [0.2, 0.25) is 0 Å². The Morgan fingerprint density at radius 2 is 2.11 bits per heavy atom. The van der Waals surface area contributed by atoms with Crippen molar-refractivity contribution in [2.45, 2.75) is 13.0 Å². The summed E-state index contributed by atoms with van der Waals surface area (Å²) in [6.07, 6.45) is 2.01. The second kappa shape index (κ2) is 5.66. The van der Waals surface area contributed by atoms with E-state index in [0.717, 1.165) is 6.54 Å². The lowest BCUT2D eigenvalue weighted by Gasteiger charge is -2.18. The van der Waals surface area contributed by atoms with Gasteiger partial charge in [-0.05, 0) is 13.0 Å². The Balaban J connectivity index is 1.86. The third kappa shape index (κ3) is 4.00. The third-order valence-electron chi connectivity index (χ3n) is 3.05. The highest BCUT2D eigenvalue weighted by molar-refractivity contribution is 7.91. The summed E-state index contributed by atoms with van der Waals surface area (Å²) in [6.45, 7) is 2.39. The number of carboxylic acid groups (broad SMARTS) is 1. The number of sulfone groups is 1. The first-order valence-corrected chi connectivity index (χ1v) is 7.85. The summed E-state index contributed by atoms with van der Waals surface area (Å²) in [5, 5.41) is 16.0. The summed E-state index contributed by atoms with van der Waals surface area (Å²) in [6, 6.07) is 0. The average Bonchev–Trinajstić information content (AvgIpc) is 2.74. The van der Waals surface area contributed by atoms with Gasteiger partial charge in [-0.1, -0.05) is 5.21 Å². The lowest BCUT2D eigenvalue weighted by atomic mass is 10.4. The van der Waals surface area contributed by atoms with Crippen LogP contribution in [0.3, 0.4) is 0 Å². The minimum atomic E-state index is -2.90. The number of aromatic carboxylic acids is 1. The highest BCUT2D eigenvalue weighted by atomic mass is 32.2. The van der Waals surface area contributed by atoms with Gasteiger partial charge in [0.25, 0.3) is 0 Å². The van der Waals surface area contributed by atoms with Gasteiger partial charge in [0.15, 0.2) is 15.5 Å². The largest absolute Gasteiger partial charge is 0.476 e. The molecule has 0 amide bonds. The van der Waals surface area contributed by atoms with Crippen LogP contribution in [-0.2, 0) is 16.4 Å². The van der Waals surface area contributed by atoms with Crippen LogP contribution in [0, 0.1) is 0 Å². The maximum atomic E-state index is 11.4. The molecule has 0 unspecified atom stereocenters. The summed E-state index contributed by atoms with van der Waals surface area (Å²) >= 11 is 0. The standard InChI is InChI=1S/C10H16N4O4S/c15-10(16)9-8-14(12-11-9)4-3-13-2-1-6-19(17,18)7-5-13/h8H,1-7H2,(H,15,16). The minimum Gasteiger partial charge on any atom is -0.476 e. The molecule has 2 heterocycles. The van der Waals surface area contributed by atoms with Crippen molar-refractivity contribution < 1.29 is 18.3 Å². The molecule has 106 valence electrons. The predicted octanol–water partition coefficient (Wildman–Crippen LogP) is -0.903. The normalized spacial score (nSPS) is 20.0. The monoisotopic (exact) mass is 288 g/mol. The predicted molar refractivity (Wildman–Crippen MR) is 66.7 cm³/mol. The molecule has 1 N–H and O–H groups in total. The van der Waals surface area contributed by atoms with E-state index in [2.05, 4.69) is 10.3 Å². The van der Waals surface area contributed by atoms with Crippen LogP contribution in [0.15, 0.2) is 6.20 Å². The topological polar surface area (TPSA) is 105 Å². The fourth-order valence-electron chi connectivity index (χ4n) is 1.96. The summed E-state index contributed by atoms with van der Waals surface area (Å²) in [5.41, 5.74) is -0.0848. The van der Waals surface area contributed by atoms with Crippen molar-refractivity contribution in [3.63, 3.8) is 0 Å². The molecule has 9 heteroatoms. The molecule has 0 aliphatic carbocycles. The second-order valence-corrected chi connectivity index (χ2v) is 6.82. The number of aromatic nitrogens is 3. The SMILES string of the molecule is O=C(O)c1cn(CCN2CCCS(=O)(=O)CC2)nn1. The first-order valence-electron chi connectivity index (χ1n) is 6.02. The summed E-state index contributed by atoms with van der Waals surface area (Å²) < 4.78 is 24.4. The molecule has 0 atom stereocenters. The van der Waals surface area contributed by atoms with Crippen LogP contribution in [0.5, 0.6) is 0 Å². The van der Waals surface area contributed by atoms with Crippen molar-refractivity contribution >= 4 is 15.8 Å². The number of hydrogen-bond donors (Lipinski definition) is 1. The molecule has 0 radical (unpaired) electrons. The average molecular weight is 288 g/mol. The van der Waals surface area contributed by atoms with Crippen molar-refractivity contribution in [2.75, 3.05) is 31.1 Å². The van der Waals surface area contributed by atoms with E-state index in [1.54, 1.807) is 0 Å². The number of hydrogen-bond acceptors (Lipinski definition) is 6. The van der Waals surface area contributed by atoms with E-state index >= 15 is 0 Å². The quantitative estimate of drug-likeness (QED) is 0.765. The molecule has 1 aromatic heterocycles. The van der Waals surface area contributed by atoms with Crippen LogP contribution >= 0.6 is 0 Å². The van der Waals surface area contributed by atoms with Gasteiger partial charge in [-0.15, -0.1) is 5.10 Å². The Hall–Kier alpha value is -1.48. The molecule has 1 aromatic rings. The first kappa shape index (κ1) is 13.9. The fraction of sp³-hybridized carbons (Fsp3) is 0.700. The van der Waals surface area contributed by atoms with Crippen molar-refractivity contribution in [3.05, 3.63) is 11.9 Å². The molecule has 1 aliphatic heterocycles. The Bertz CT molecular complexity index is 554. The van der Waals surface area contributed by atoms with E-state index in [-0.39, 0.29) is 17.2 Å². The van der Waals surface area contributed by atoms with Gasteiger partial charge in [-0.3, -0.25) is 4.68 Å². The van der Waals surface area contributed by atoms with Crippen LogP contribution in [0.2, 0.25) is 0 Å². The second-order valence-electron chi connectivity index (χ2n) is 4.52. The van der Waals surface area contributed by atoms with E-state index in [1.807, 2.05) is 4.90 Å². The zero-order valence-electron chi connectivity index (χ0n) is 10.4. The molecule has 2 rings (SSSR count). The Morgan fingerprint density at radius 3 is 2.79 bits per heavy atom. The molecule has 1 aliphatic rings. The van der Waals surface area contributed by atoms with E-state index < -0.39 is 15.8 Å². The van der Waals surface area contributed by atoms with Gasteiger partial charge < -0.3 is 10.0 Å². The van der Waals surface area contributed by atoms with Gasteiger partial charge in [0, 0.05) is 13.1 Å². The maximum Gasteiger partial charge on any atom is 0.358 e. The third-order valence-corrected chi connectivity index (χ3v) is 4.77. The van der Waals surface area contributed by atoms with Gasteiger partial charge in [-0.2, -0.15) is 0 Å². The molecule has 1 saturated heterocycles. The van der Waals surface area contributed by atoms with Crippen molar-refractivity contribution in [2.24, 2.45) is 0 Å². The van der Waals surface area contributed by atoms with Crippen LogP contribution in [0.25, 0.3) is 0 Å². The highest BCUT2D eigenvalue weighted by Gasteiger charge is 2.19. The number of carbonyl (C=O) groups is 1. The highest BCUT2D eigenvalue weighted by Crippen LogP contribution is 2.05. The van der Waals surface area contributed by atoms with Crippen LogP contribution < -0.4 is 0 Å². The molecule has 8 nitrogen and oxygen atoms in total. The maximum absolute atomic E-state index is 11.4. The molecule has 1 fully saturated rings. The van der Waals surface area contributed by atoms with E-state index in [0.29, 0.717) is 26.1 Å². The summed E-state index contributed by atoms with van der Waals surface area (Å²) in [4.78, 5) is 12.7. The van der Waals surface area contributed by atoms with Crippen LogP contribution in [0.1, 0.15) is 16.9 Å². The van der Waals surface area contributed by atoms with Crippen LogP contribution in [-0.4, -0.2) is 70.5 Å². The Kier molecular flexibility index (Phi) is 4.15. The molecule has 0 aromatic carbocycles. The molecule has 0 spiro atoms. The first-order chi connectivity index (χ1) is 8.96. The summed E-state index contributed by atoms with van der Waals surface area (Å²) in [5.74, 6) is -0.673. The molecule has 0 saturated carbocycles. The zero-order chi connectivity index (χ0) is 13.9. The number of nitrogens with zero attached hydrogens (tertiary/aromatic N) is 4. The number of carboxylic acids is 1. The van der Waals surface area contributed by atoms with Crippen molar-refractivity contribution in [1.82, 2.24) is 19.9 Å². The Labute approximate surface area is 110 Å². The lowest BCUT2D eigenvalue weighted by molar-refractivity contribution is 0.0690. The molecule has 0 bridgehead atoms. The number of rotatable bonds is 4. The van der Waals surface area contributed by atoms with Crippen LogP contribution in [0.4, 0.5) is 0 Å².